The lowest BCUT2D eigenvalue weighted by Gasteiger charge is -2.21. The van der Waals surface area contributed by atoms with Crippen LogP contribution in [0.4, 0.5) is 14.5 Å². The van der Waals surface area contributed by atoms with Crippen LogP contribution in [0.15, 0.2) is 72.0 Å². The predicted octanol–water partition coefficient (Wildman–Crippen LogP) is 6.00. The van der Waals surface area contributed by atoms with Crippen LogP contribution < -0.4 is 18.9 Å². The fourth-order valence-corrected chi connectivity index (χ4v) is 6.62. The third kappa shape index (κ3) is 8.94. The third-order valence-corrected chi connectivity index (χ3v) is 9.72. The van der Waals surface area contributed by atoms with E-state index in [-0.39, 0.29) is 73.8 Å². The van der Waals surface area contributed by atoms with Gasteiger partial charge in [0.15, 0.2) is 23.9 Å². The molecule has 1 N–H and O–H groups in total. The highest BCUT2D eigenvalue weighted by Crippen LogP contribution is 2.38. The number of rotatable bonds is 14. The number of aryl methyl sites for hydroxylation is 1. The molecule has 0 spiro atoms. The molecule has 0 saturated heterocycles. The molecule has 0 bridgehead atoms. The van der Waals surface area contributed by atoms with E-state index >= 15 is 0 Å². The highest BCUT2D eigenvalue weighted by molar-refractivity contribution is 7.92. The molecule has 12 nitrogen and oxygen atoms in total. The van der Waals surface area contributed by atoms with Gasteiger partial charge >= 0.3 is 12.6 Å². The lowest BCUT2D eigenvalue weighted by atomic mass is 10.0. The molecule has 2 heterocycles. The average molecular weight is 754 g/mol. The van der Waals surface area contributed by atoms with Crippen LogP contribution in [0.25, 0.3) is 0 Å². The maximum absolute atomic E-state index is 13.7. The van der Waals surface area contributed by atoms with Crippen molar-refractivity contribution in [3.63, 3.8) is 0 Å². The Morgan fingerprint density at radius 3 is 2.42 bits per heavy atom. The number of carbonyl (C=O) groups is 2. The zero-order valence-corrected chi connectivity index (χ0v) is 29.3. The number of halogens is 4. The monoisotopic (exact) mass is 752 g/mol. The van der Waals surface area contributed by atoms with E-state index in [1.807, 2.05) is 0 Å². The van der Waals surface area contributed by atoms with Crippen LogP contribution in [0, 0.1) is 11.1 Å². The van der Waals surface area contributed by atoms with Crippen molar-refractivity contribution in [2.24, 2.45) is 13.0 Å². The van der Waals surface area contributed by atoms with E-state index in [0.29, 0.717) is 10.3 Å². The van der Waals surface area contributed by atoms with Crippen LogP contribution in [0.2, 0.25) is 10.0 Å². The van der Waals surface area contributed by atoms with Gasteiger partial charge in [0.05, 0.1) is 17.2 Å². The van der Waals surface area contributed by atoms with Crippen molar-refractivity contribution >= 4 is 50.8 Å². The molecular formula is C33H32Cl2F2N4O8S. The Balaban J connectivity index is 1.44. The number of sulfonamides is 1. The minimum Gasteiger partial charge on any atom is -0.619 e. The number of anilines is 1. The molecule has 2 aromatic carbocycles. The Hall–Kier alpha value is -4.60. The summed E-state index contributed by atoms with van der Waals surface area (Å²) < 4.78 is 73.4. The van der Waals surface area contributed by atoms with E-state index in [4.69, 9.17) is 32.7 Å². The van der Waals surface area contributed by atoms with Crippen molar-refractivity contribution in [1.82, 2.24) is 9.47 Å². The topological polar surface area (TPSA) is 143 Å². The summed E-state index contributed by atoms with van der Waals surface area (Å²) in [6.45, 7) is -2.85. The van der Waals surface area contributed by atoms with E-state index in [9.17, 15) is 32.0 Å². The van der Waals surface area contributed by atoms with E-state index in [1.165, 1.54) is 71.2 Å². The van der Waals surface area contributed by atoms with Crippen molar-refractivity contribution in [2.45, 2.75) is 36.9 Å². The van der Waals surface area contributed by atoms with Gasteiger partial charge in [-0.2, -0.15) is 13.5 Å². The highest BCUT2D eigenvalue weighted by Gasteiger charge is 2.28. The summed E-state index contributed by atoms with van der Waals surface area (Å²) in [4.78, 5) is 27.2. The Bertz CT molecular complexity index is 2000. The van der Waals surface area contributed by atoms with Crippen molar-refractivity contribution in [3.8, 4) is 11.5 Å². The van der Waals surface area contributed by atoms with Crippen molar-refractivity contribution in [3.05, 3.63) is 105 Å². The molecule has 1 aliphatic rings. The highest BCUT2D eigenvalue weighted by atomic mass is 35.5. The van der Waals surface area contributed by atoms with Crippen molar-refractivity contribution in [2.75, 3.05) is 25.4 Å². The van der Waals surface area contributed by atoms with E-state index < -0.39 is 28.7 Å². The number of pyridine rings is 1. The van der Waals surface area contributed by atoms with Gasteiger partial charge in [-0.15, -0.1) is 0 Å². The van der Waals surface area contributed by atoms with Gasteiger partial charge in [-0.3, -0.25) is 9.52 Å². The number of benzene rings is 2. The fraction of sp³-hybridized carbons (Fsp3) is 0.303. The number of alkyl halides is 2. The molecule has 2 aromatic heterocycles. The van der Waals surface area contributed by atoms with E-state index in [1.54, 1.807) is 14.1 Å². The Morgan fingerprint density at radius 1 is 1.08 bits per heavy atom. The largest absolute Gasteiger partial charge is 0.619 e. The first-order valence-electron chi connectivity index (χ1n) is 15.1. The summed E-state index contributed by atoms with van der Waals surface area (Å²) in [5.74, 6) is -1.21. The molecule has 4 aromatic rings. The molecule has 50 heavy (non-hydrogen) atoms. The molecule has 0 aliphatic heterocycles. The number of ether oxygens (including phenoxy) is 3. The normalized spacial score (nSPS) is 13.5. The van der Waals surface area contributed by atoms with Gasteiger partial charge in [0, 0.05) is 44.9 Å². The lowest BCUT2D eigenvalue weighted by molar-refractivity contribution is -0.605. The smallest absolute Gasteiger partial charge is 0.387 e. The Labute approximate surface area is 296 Å². The molecule has 0 radical (unpaired) electrons. The molecule has 1 aliphatic carbocycles. The third-order valence-electron chi connectivity index (χ3n) is 7.69. The average Bonchev–Trinajstić information content (AvgIpc) is 3.81. The van der Waals surface area contributed by atoms with Crippen LogP contribution in [0.1, 0.15) is 50.9 Å². The summed E-state index contributed by atoms with van der Waals surface area (Å²) in [7, 11) is 0.391. The molecule has 266 valence electrons. The zero-order chi connectivity index (χ0) is 36.3. The van der Waals surface area contributed by atoms with Gasteiger partial charge in [-0.1, -0.05) is 35.3 Å². The maximum Gasteiger partial charge on any atom is 0.387 e. The first-order chi connectivity index (χ1) is 23.6. The molecule has 1 amide bonds. The van der Waals surface area contributed by atoms with E-state index in [2.05, 4.69) is 9.46 Å². The van der Waals surface area contributed by atoms with Crippen LogP contribution in [-0.4, -0.2) is 57.1 Å². The van der Waals surface area contributed by atoms with Gasteiger partial charge in [0.1, 0.15) is 21.8 Å². The number of amides is 1. The van der Waals surface area contributed by atoms with Crippen LogP contribution in [-0.2, 0) is 28.2 Å². The zero-order valence-electron chi connectivity index (χ0n) is 26.9. The summed E-state index contributed by atoms with van der Waals surface area (Å²) in [6, 6.07) is 10.8. The van der Waals surface area contributed by atoms with Crippen LogP contribution in [0.5, 0.6) is 11.5 Å². The molecule has 1 atom stereocenters. The van der Waals surface area contributed by atoms with Gasteiger partial charge in [-0.25, -0.2) is 13.2 Å². The number of nitrogens with one attached hydrogen (secondary N) is 1. The minimum atomic E-state index is -4.19. The fourth-order valence-electron chi connectivity index (χ4n) is 4.94. The molecule has 5 rings (SSSR count). The van der Waals surface area contributed by atoms with Gasteiger partial charge in [-0.05, 0) is 60.7 Å². The minimum absolute atomic E-state index is 0.00492. The number of carbonyl (C=O) groups excluding carboxylic acids is 2. The van der Waals surface area contributed by atoms with Crippen molar-refractivity contribution in [1.29, 1.82) is 0 Å². The molecule has 0 unspecified atom stereocenters. The quantitative estimate of drug-likeness (QED) is 0.0940. The number of esters is 1. The standard InChI is InChI=1S/C33H32Cl2F2N4O8S/c1-39(2)31(42)21-5-4-6-23(11-21)50(45,46)38-22-13-27(40(3)15-22)32(43)48-29(14-24-25(34)16-41(44)17-26(24)35)20-9-10-28(49-33(36)37)30(12-20)47-18-19-7-8-19/h4-6,9-13,15-17,19,29,33,38H,7-8,14,18H2,1-3H3/t29-/m0/s1. The van der Waals surface area contributed by atoms with E-state index in [0.717, 1.165) is 25.2 Å². The molecule has 1 saturated carbocycles. The predicted molar refractivity (Wildman–Crippen MR) is 179 cm³/mol. The SMILES string of the molecule is CN(C)C(=O)c1cccc(S(=O)(=O)Nc2cc(C(=O)O[C@@H](Cc3c(Cl)c[n+]([O-])cc3Cl)c3ccc(OC(F)F)c(OCC4CC4)c3)n(C)c2)c1. The second kappa shape index (κ2) is 15.1. The first kappa shape index (κ1) is 36.7. The maximum atomic E-state index is 13.7. The number of nitrogens with zero attached hydrogens (tertiary/aromatic N) is 3. The Kier molecular flexibility index (Phi) is 11.1. The van der Waals surface area contributed by atoms with Gasteiger partial charge in [0.2, 0.25) is 0 Å². The summed E-state index contributed by atoms with van der Waals surface area (Å²) >= 11 is 12.7. The lowest BCUT2D eigenvalue weighted by Crippen LogP contribution is -2.25. The van der Waals surface area contributed by atoms with Crippen molar-refractivity contribution < 1.29 is 45.7 Å². The second-order valence-electron chi connectivity index (χ2n) is 11.8. The molecular weight excluding hydrogens is 721 g/mol. The summed E-state index contributed by atoms with van der Waals surface area (Å²) in [6.07, 6.45) is 4.08. The molecule has 17 heteroatoms. The van der Waals surface area contributed by atoms with Gasteiger partial charge in [0.25, 0.3) is 15.9 Å². The Morgan fingerprint density at radius 2 is 1.78 bits per heavy atom. The molecule has 1 fully saturated rings. The first-order valence-corrected chi connectivity index (χ1v) is 17.3. The number of aromatic nitrogens is 2. The number of hydrogen-bond donors (Lipinski definition) is 1. The summed E-state index contributed by atoms with van der Waals surface area (Å²) in [5, 5.41) is 11.9. The summed E-state index contributed by atoms with van der Waals surface area (Å²) in [5.41, 5.74) is 0.703. The second-order valence-corrected chi connectivity index (χ2v) is 14.3. The number of hydrogen-bond acceptors (Lipinski definition) is 8. The van der Waals surface area contributed by atoms with Gasteiger partial charge < -0.3 is 28.9 Å². The van der Waals surface area contributed by atoms with Crippen LogP contribution in [0.3, 0.4) is 0 Å². The van der Waals surface area contributed by atoms with Crippen LogP contribution >= 0.6 is 23.2 Å².